The van der Waals surface area contributed by atoms with Crippen LogP contribution in [0.2, 0.25) is 0 Å². The highest BCUT2D eigenvalue weighted by atomic mass is 16.5. The molecule has 132 valence electrons. The third-order valence-electron chi connectivity index (χ3n) is 4.27. The van der Waals surface area contributed by atoms with Crippen molar-refractivity contribution in [2.24, 2.45) is 0 Å². The number of hydrogen-bond donors (Lipinski definition) is 1. The van der Waals surface area contributed by atoms with Crippen LogP contribution in [-0.4, -0.2) is 68.1 Å². The van der Waals surface area contributed by atoms with E-state index >= 15 is 0 Å². The van der Waals surface area contributed by atoms with Gasteiger partial charge in [-0.05, 0) is 31.0 Å². The maximum absolute atomic E-state index is 12.4. The van der Waals surface area contributed by atoms with E-state index in [1.807, 2.05) is 17.9 Å². The third-order valence-corrected chi connectivity index (χ3v) is 4.27. The zero-order valence-electron chi connectivity index (χ0n) is 15.0. The van der Waals surface area contributed by atoms with E-state index in [0.717, 1.165) is 17.7 Å². The molecule has 1 aromatic carbocycles. The summed E-state index contributed by atoms with van der Waals surface area (Å²) in [5.41, 5.74) is 2.43. The van der Waals surface area contributed by atoms with E-state index < -0.39 is 0 Å². The van der Waals surface area contributed by atoms with Crippen molar-refractivity contribution in [3.8, 4) is 0 Å². The van der Waals surface area contributed by atoms with Crippen LogP contribution in [0.5, 0.6) is 0 Å². The monoisotopic (exact) mass is 333 g/mol. The summed E-state index contributed by atoms with van der Waals surface area (Å²) in [4.78, 5) is 27.9. The first-order chi connectivity index (χ1) is 11.4. The van der Waals surface area contributed by atoms with Crippen molar-refractivity contribution in [2.75, 3.05) is 45.7 Å². The van der Waals surface area contributed by atoms with Crippen LogP contribution in [-0.2, 0) is 9.53 Å². The predicted octanol–water partition coefficient (Wildman–Crippen LogP) is 1.75. The van der Waals surface area contributed by atoms with Gasteiger partial charge >= 0.3 is 0 Å². The van der Waals surface area contributed by atoms with Crippen molar-refractivity contribution >= 4 is 17.5 Å². The second-order valence-corrected chi connectivity index (χ2v) is 6.32. The first kappa shape index (κ1) is 18.3. The van der Waals surface area contributed by atoms with Gasteiger partial charge in [0.1, 0.15) is 0 Å². The van der Waals surface area contributed by atoms with Gasteiger partial charge in [-0.25, -0.2) is 0 Å². The predicted molar refractivity (Wildman–Crippen MR) is 94.3 cm³/mol. The molecular formula is C18H27N3O3. The van der Waals surface area contributed by atoms with Crippen LogP contribution in [0.3, 0.4) is 0 Å². The number of hydrogen-bond acceptors (Lipinski definition) is 4. The molecule has 0 aromatic heterocycles. The quantitative estimate of drug-likeness (QED) is 0.892. The average Bonchev–Trinajstić information content (AvgIpc) is 2.60. The molecule has 0 unspecified atom stereocenters. The fraction of sp³-hybridized carbons (Fsp3) is 0.556. The third kappa shape index (κ3) is 4.47. The highest BCUT2D eigenvalue weighted by molar-refractivity contribution is 5.95. The number of aryl methyl sites for hydroxylation is 1. The van der Waals surface area contributed by atoms with Crippen molar-refractivity contribution in [2.45, 2.75) is 26.4 Å². The molecule has 2 rings (SSSR count). The molecule has 6 nitrogen and oxygen atoms in total. The molecule has 1 N–H and O–H groups in total. The van der Waals surface area contributed by atoms with Crippen LogP contribution in [0.25, 0.3) is 0 Å². The Bertz CT molecular complexity index is 601. The maximum Gasteiger partial charge on any atom is 0.253 e. The highest BCUT2D eigenvalue weighted by Crippen LogP contribution is 2.18. The summed E-state index contributed by atoms with van der Waals surface area (Å²) >= 11 is 0. The van der Waals surface area contributed by atoms with Crippen molar-refractivity contribution in [1.82, 2.24) is 9.80 Å². The minimum atomic E-state index is -0.0525. The topological polar surface area (TPSA) is 61.9 Å². The standard InChI is InChI=1S/C18H27N3O3/c1-5-15-12-21(8-9-24-15)17(22)11-19-16-10-14(7-6-13(16)2)18(23)20(3)4/h6-7,10,15,19H,5,8-9,11-12H2,1-4H3/t15-/m1/s1. The van der Waals surface area contributed by atoms with Gasteiger partial charge in [-0.15, -0.1) is 0 Å². The lowest BCUT2D eigenvalue weighted by Gasteiger charge is -2.32. The van der Waals surface area contributed by atoms with Gasteiger partial charge < -0.3 is 19.9 Å². The molecule has 1 aromatic rings. The van der Waals surface area contributed by atoms with Gasteiger partial charge in [0.25, 0.3) is 5.91 Å². The molecule has 24 heavy (non-hydrogen) atoms. The van der Waals surface area contributed by atoms with Gasteiger partial charge in [-0.1, -0.05) is 13.0 Å². The molecule has 0 spiro atoms. The van der Waals surface area contributed by atoms with Gasteiger partial charge in [0.15, 0.2) is 0 Å². The lowest BCUT2D eigenvalue weighted by Crippen LogP contribution is -2.47. The minimum Gasteiger partial charge on any atom is -0.376 e. The zero-order chi connectivity index (χ0) is 17.7. The summed E-state index contributed by atoms with van der Waals surface area (Å²) in [5.74, 6) is 0.00355. The molecule has 1 fully saturated rings. The van der Waals surface area contributed by atoms with Crippen molar-refractivity contribution in [3.63, 3.8) is 0 Å². The molecular weight excluding hydrogens is 306 g/mol. The SMILES string of the molecule is CC[C@@H]1CN(C(=O)CNc2cc(C(=O)N(C)C)ccc2C)CCO1. The number of anilines is 1. The summed E-state index contributed by atoms with van der Waals surface area (Å²) in [7, 11) is 3.45. The van der Waals surface area contributed by atoms with E-state index in [-0.39, 0.29) is 24.5 Å². The van der Waals surface area contributed by atoms with E-state index in [4.69, 9.17) is 4.74 Å². The summed E-state index contributed by atoms with van der Waals surface area (Å²) in [6.07, 6.45) is 1.04. The number of carbonyl (C=O) groups excluding carboxylic acids is 2. The van der Waals surface area contributed by atoms with Gasteiger partial charge in [0.05, 0.1) is 19.3 Å². The molecule has 0 aliphatic carbocycles. The number of nitrogens with zero attached hydrogens (tertiary/aromatic N) is 2. The fourth-order valence-corrected chi connectivity index (χ4v) is 2.68. The number of carbonyl (C=O) groups is 2. The molecule has 1 aliphatic rings. The van der Waals surface area contributed by atoms with Gasteiger partial charge in [0.2, 0.25) is 5.91 Å². The maximum atomic E-state index is 12.4. The summed E-state index contributed by atoms with van der Waals surface area (Å²) in [6.45, 7) is 6.11. The number of benzene rings is 1. The van der Waals surface area contributed by atoms with Gasteiger partial charge in [-0.3, -0.25) is 9.59 Å². The molecule has 2 amide bonds. The lowest BCUT2D eigenvalue weighted by atomic mass is 10.1. The summed E-state index contributed by atoms with van der Waals surface area (Å²) < 4.78 is 5.60. The molecule has 0 bridgehead atoms. The van der Waals surface area contributed by atoms with E-state index in [0.29, 0.717) is 25.3 Å². The molecule has 0 radical (unpaired) electrons. The van der Waals surface area contributed by atoms with Crippen LogP contribution < -0.4 is 5.32 Å². The summed E-state index contributed by atoms with van der Waals surface area (Å²) in [5, 5.41) is 3.17. The van der Waals surface area contributed by atoms with Crippen LogP contribution in [0, 0.1) is 6.92 Å². The molecule has 0 saturated carbocycles. The summed E-state index contributed by atoms with van der Waals surface area (Å²) in [6, 6.07) is 5.50. The zero-order valence-corrected chi connectivity index (χ0v) is 15.0. The van der Waals surface area contributed by atoms with Crippen molar-refractivity contribution < 1.29 is 14.3 Å². The van der Waals surface area contributed by atoms with Crippen molar-refractivity contribution in [1.29, 1.82) is 0 Å². The Balaban J connectivity index is 1.99. The second-order valence-electron chi connectivity index (χ2n) is 6.32. The first-order valence-corrected chi connectivity index (χ1v) is 8.38. The normalized spacial score (nSPS) is 17.5. The molecule has 1 saturated heterocycles. The lowest BCUT2D eigenvalue weighted by molar-refractivity contribution is -0.136. The minimum absolute atomic E-state index is 0.0525. The largest absolute Gasteiger partial charge is 0.376 e. The van der Waals surface area contributed by atoms with Crippen LogP contribution >= 0.6 is 0 Å². The Hall–Kier alpha value is -2.08. The highest BCUT2D eigenvalue weighted by Gasteiger charge is 2.22. The Kier molecular flexibility index (Phi) is 6.20. The van der Waals surface area contributed by atoms with Crippen LogP contribution in [0.15, 0.2) is 18.2 Å². The molecule has 1 atom stereocenters. The van der Waals surface area contributed by atoms with Crippen molar-refractivity contribution in [3.05, 3.63) is 29.3 Å². The number of ether oxygens (including phenoxy) is 1. The van der Waals surface area contributed by atoms with Gasteiger partial charge in [0, 0.05) is 38.4 Å². The Morgan fingerprint density at radius 2 is 2.12 bits per heavy atom. The van der Waals surface area contributed by atoms with E-state index in [1.165, 1.54) is 4.90 Å². The number of nitrogens with one attached hydrogen (secondary N) is 1. The van der Waals surface area contributed by atoms with E-state index in [9.17, 15) is 9.59 Å². The number of rotatable bonds is 5. The molecule has 1 heterocycles. The Morgan fingerprint density at radius 3 is 2.79 bits per heavy atom. The van der Waals surface area contributed by atoms with E-state index in [1.54, 1.807) is 26.2 Å². The van der Waals surface area contributed by atoms with E-state index in [2.05, 4.69) is 12.2 Å². The second kappa shape index (κ2) is 8.15. The molecule has 1 aliphatic heterocycles. The Morgan fingerprint density at radius 1 is 1.38 bits per heavy atom. The number of amides is 2. The Labute approximate surface area is 143 Å². The smallest absolute Gasteiger partial charge is 0.253 e. The van der Waals surface area contributed by atoms with Crippen LogP contribution in [0.4, 0.5) is 5.69 Å². The number of morpholine rings is 1. The average molecular weight is 333 g/mol. The fourth-order valence-electron chi connectivity index (χ4n) is 2.68. The van der Waals surface area contributed by atoms with Crippen LogP contribution in [0.1, 0.15) is 29.3 Å². The first-order valence-electron chi connectivity index (χ1n) is 8.38. The molecule has 6 heteroatoms. The van der Waals surface area contributed by atoms with Gasteiger partial charge in [-0.2, -0.15) is 0 Å².